The summed E-state index contributed by atoms with van der Waals surface area (Å²) < 4.78 is 83.0. The largest absolute Gasteiger partial charge is 0.573 e. The zero-order chi connectivity index (χ0) is 30.3. The second-order valence-electron chi connectivity index (χ2n) is 10.1. The lowest BCUT2D eigenvalue weighted by Crippen LogP contribution is -2.50. The van der Waals surface area contributed by atoms with Crippen molar-refractivity contribution in [1.82, 2.24) is 9.62 Å². The molecule has 15 heteroatoms. The molecule has 0 aliphatic carbocycles. The molecule has 0 bridgehead atoms. The Labute approximate surface area is 234 Å². The van der Waals surface area contributed by atoms with E-state index < -0.39 is 45.4 Å². The maximum atomic E-state index is 13.8. The van der Waals surface area contributed by atoms with Gasteiger partial charge in [-0.3, -0.25) is 14.7 Å². The highest BCUT2D eigenvalue weighted by Crippen LogP contribution is 2.34. The number of amidine groups is 1. The standard InChI is InChI=1S/C26H29F4N5O5S/c1-15-12-18(34(3)24(31)37)13-16(2)19(15)6-11-41(38,39)35-9-7-25(8-10-35)23(36)32-22(33-25)17-4-5-20(27)21(14-17)40-26(28,29)30/h4-5,12-14H,6-11H2,1-3H3,(H2,31,37)(H,32,33,36). The molecule has 2 aromatic carbocycles. The second kappa shape index (κ2) is 10.9. The van der Waals surface area contributed by atoms with Crippen molar-refractivity contribution in [2.75, 3.05) is 30.8 Å². The van der Waals surface area contributed by atoms with E-state index in [4.69, 9.17) is 5.73 Å². The van der Waals surface area contributed by atoms with Crippen molar-refractivity contribution in [2.45, 2.75) is 45.0 Å². The third-order valence-corrected chi connectivity index (χ3v) is 9.23. The lowest BCUT2D eigenvalue weighted by molar-refractivity contribution is -0.275. The van der Waals surface area contributed by atoms with Gasteiger partial charge in [0.25, 0.3) is 5.91 Å². The summed E-state index contributed by atoms with van der Waals surface area (Å²) >= 11 is 0. The molecule has 2 aromatic rings. The minimum absolute atomic E-state index is 0.0126. The molecule has 2 heterocycles. The highest BCUT2D eigenvalue weighted by Gasteiger charge is 2.47. The third kappa shape index (κ3) is 6.45. The number of alkyl halides is 3. The zero-order valence-corrected chi connectivity index (χ0v) is 23.3. The minimum atomic E-state index is -5.11. The fourth-order valence-electron chi connectivity index (χ4n) is 5.03. The number of nitrogens with zero attached hydrogens (tertiary/aromatic N) is 3. The smallest absolute Gasteiger partial charge is 0.403 e. The van der Waals surface area contributed by atoms with E-state index in [9.17, 15) is 35.6 Å². The maximum Gasteiger partial charge on any atom is 0.573 e. The molecule has 222 valence electrons. The fraction of sp³-hybridized carbons (Fsp3) is 0.423. The number of sulfonamides is 1. The number of ether oxygens (including phenoxy) is 1. The SMILES string of the molecule is Cc1cc(N(C)C(N)=O)cc(C)c1CCS(=O)(=O)N1CCC2(CC1)N=C(c1ccc(F)c(OC(F)(F)F)c1)NC2=O. The van der Waals surface area contributed by atoms with Crippen LogP contribution in [0.3, 0.4) is 0 Å². The lowest BCUT2D eigenvalue weighted by atomic mass is 9.89. The molecule has 41 heavy (non-hydrogen) atoms. The van der Waals surface area contributed by atoms with Gasteiger partial charge in [-0.25, -0.2) is 21.9 Å². The quantitative estimate of drug-likeness (QED) is 0.472. The number of nitrogens with one attached hydrogen (secondary N) is 1. The molecular weight excluding hydrogens is 570 g/mol. The van der Waals surface area contributed by atoms with E-state index in [0.29, 0.717) is 5.69 Å². The monoisotopic (exact) mass is 599 g/mol. The van der Waals surface area contributed by atoms with Crippen molar-refractivity contribution >= 4 is 33.5 Å². The van der Waals surface area contributed by atoms with E-state index in [1.807, 2.05) is 13.8 Å². The summed E-state index contributed by atoms with van der Waals surface area (Å²) in [6.07, 6.45) is -4.76. The van der Waals surface area contributed by atoms with Crippen LogP contribution in [0.1, 0.15) is 35.1 Å². The number of rotatable bonds is 7. The third-order valence-electron chi connectivity index (χ3n) is 7.36. The number of halogens is 4. The Morgan fingerprint density at radius 3 is 2.34 bits per heavy atom. The molecule has 0 atom stereocenters. The number of amides is 3. The van der Waals surface area contributed by atoms with Gasteiger partial charge in [0.2, 0.25) is 10.0 Å². The molecule has 0 saturated carbocycles. The highest BCUT2D eigenvalue weighted by molar-refractivity contribution is 7.89. The number of urea groups is 1. The molecule has 1 saturated heterocycles. The van der Waals surface area contributed by atoms with E-state index in [1.54, 1.807) is 19.2 Å². The summed E-state index contributed by atoms with van der Waals surface area (Å²) in [6, 6.07) is 5.64. The molecule has 1 fully saturated rings. The topological polar surface area (TPSA) is 134 Å². The molecule has 1 spiro atoms. The van der Waals surface area contributed by atoms with Crippen molar-refractivity contribution < 1.29 is 40.3 Å². The van der Waals surface area contributed by atoms with Crippen molar-refractivity contribution in [3.05, 3.63) is 58.4 Å². The van der Waals surface area contributed by atoms with Crippen molar-refractivity contribution in [2.24, 2.45) is 10.7 Å². The number of primary amides is 1. The number of aryl methyl sites for hydroxylation is 2. The van der Waals surface area contributed by atoms with Gasteiger partial charge in [-0.2, -0.15) is 0 Å². The summed E-state index contributed by atoms with van der Waals surface area (Å²) in [5.74, 6) is -3.03. The van der Waals surface area contributed by atoms with Gasteiger partial charge in [-0.15, -0.1) is 13.2 Å². The molecule has 0 unspecified atom stereocenters. The van der Waals surface area contributed by atoms with Crippen molar-refractivity contribution in [1.29, 1.82) is 0 Å². The highest BCUT2D eigenvalue weighted by atomic mass is 32.2. The van der Waals surface area contributed by atoms with Crippen LogP contribution in [0, 0.1) is 19.7 Å². The first kappa shape index (κ1) is 30.2. The summed E-state index contributed by atoms with van der Waals surface area (Å²) in [6.45, 7) is 3.68. The van der Waals surface area contributed by atoms with Crippen LogP contribution in [0.25, 0.3) is 0 Å². The number of piperidine rings is 1. The first-order valence-electron chi connectivity index (χ1n) is 12.6. The molecule has 4 rings (SSSR count). The average Bonchev–Trinajstić information content (AvgIpc) is 3.18. The van der Waals surface area contributed by atoms with Gasteiger partial charge in [0.05, 0.1) is 5.75 Å². The number of aliphatic imine (C=N–C) groups is 1. The molecule has 3 N–H and O–H groups in total. The van der Waals surface area contributed by atoms with Crippen LogP contribution >= 0.6 is 0 Å². The predicted octanol–water partition coefficient (Wildman–Crippen LogP) is 3.14. The zero-order valence-electron chi connectivity index (χ0n) is 22.5. The Bertz CT molecular complexity index is 1500. The summed E-state index contributed by atoms with van der Waals surface area (Å²) in [5.41, 5.74) is 7.12. The Morgan fingerprint density at radius 1 is 1.17 bits per heavy atom. The van der Waals surface area contributed by atoms with Crippen LogP contribution in [-0.2, 0) is 21.2 Å². The maximum absolute atomic E-state index is 13.8. The molecular formula is C26H29F4N5O5S. The Kier molecular flexibility index (Phi) is 8.06. The molecule has 0 radical (unpaired) electrons. The van der Waals surface area contributed by atoms with Gasteiger partial charge in [0.1, 0.15) is 11.4 Å². The molecule has 2 aliphatic rings. The van der Waals surface area contributed by atoms with Gasteiger partial charge in [-0.05, 0) is 80.1 Å². The average molecular weight is 600 g/mol. The van der Waals surface area contributed by atoms with Crippen LogP contribution in [0.5, 0.6) is 5.75 Å². The Hall–Kier alpha value is -3.72. The van der Waals surface area contributed by atoms with Crippen LogP contribution in [0.15, 0.2) is 35.3 Å². The first-order valence-corrected chi connectivity index (χ1v) is 14.2. The molecule has 10 nitrogen and oxygen atoms in total. The fourth-order valence-corrected chi connectivity index (χ4v) is 6.49. The van der Waals surface area contributed by atoms with Gasteiger partial charge in [0.15, 0.2) is 11.6 Å². The van der Waals surface area contributed by atoms with Gasteiger partial charge in [0, 0.05) is 31.4 Å². The van der Waals surface area contributed by atoms with Crippen molar-refractivity contribution in [3.63, 3.8) is 0 Å². The number of carbonyl (C=O) groups excluding carboxylic acids is 2. The molecule has 2 aliphatic heterocycles. The number of nitrogens with two attached hydrogens (primary N) is 1. The van der Waals surface area contributed by atoms with Crippen LogP contribution in [-0.4, -0.2) is 68.3 Å². The van der Waals surface area contributed by atoms with E-state index in [-0.39, 0.29) is 49.5 Å². The number of hydrogen-bond acceptors (Lipinski definition) is 6. The van der Waals surface area contributed by atoms with E-state index in [0.717, 1.165) is 28.8 Å². The first-order chi connectivity index (χ1) is 19.0. The Balaban J connectivity index is 1.44. The second-order valence-corrected chi connectivity index (χ2v) is 12.1. The van der Waals surface area contributed by atoms with Gasteiger partial charge < -0.3 is 15.8 Å². The Morgan fingerprint density at radius 2 is 1.78 bits per heavy atom. The lowest BCUT2D eigenvalue weighted by Gasteiger charge is -2.34. The number of benzene rings is 2. The van der Waals surface area contributed by atoms with Crippen LogP contribution < -0.4 is 20.7 Å². The number of carbonyl (C=O) groups is 2. The normalized spacial score (nSPS) is 17.3. The van der Waals surface area contributed by atoms with Crippen molar-refractivity contribution in [3.8, 4) is 5.75 Å². The predicted molar refractivity (Wildman–Crippen MR) is 143 cm³/mol. The van der Waals surface area contributed by atoms with E-state index in [2.05, 4.69) is 15.0 Å². The van der Waals surface area contributed by atoms with Gasteiger partial charge in [-0.1, -0.05) is 0 Å². The number of anilines is 1. The molecule has 3 amide bonds. The summed E-state index contributed by atoms with van der Waals surface area (Å²) in [7, 11) is -2.17. The van der Waals surface area contributed by atoms with Crippen LogP contribution in [0.4, 0.5) is 28.0 Å². The van der Waals surface area contributed by atoms with E-state index >= 15 is 0 Å². The molecule has 0 aromatic heterocycles. The van der Waals surface area contributed by atoms with Crippen LogP contribution in [0.2, 0.25) is 0 Å². The summed E-state index contributed by atoms with van der Waals surface area (Å²) in [5, 5.41) is 2.52. The minimum Gasteiger partial charge on any atom is -0.403 e. The summed E-state index contributed by atoms with van der Waals surface area (Å²) in [4.78, 5) is 30.1. The van der Waals surface area contributed by atoms with Gasteiger partial charge >= 0.3 is 12.4 Å². The number of hydrogen-bond donors (Lipinski definition) is 2. The van der Waals surface area contributed by atoms with E-state index in [1.165, 1.54) is 15.3 Å².